The topological polar surface area (TPSA) is 77.2 Å². The molecule has 3 fully saturated rings. The third-order valence-corrected chi connectivity index (χ3v) is 5.69. The fourth-order valence-corrected chi connectivity index (χ4v) is 4.19. The van der Waals surface area contributed by atoms with E-state index in [-0.39, 0.29) is 24.3 Å². The molecule has 9 heteroatoms. The second kappa shape index (κ2) is 8.98. The molecule has 0 aromatic heterocycles. The van der Waals surface area contributed by atoms with E-state index in [9.17, 15) is 9.59 Å². The number of hydrogen-bond donors (Lipinski definition) is 2. The highest BCUT2D eigenvalue weighted by atomic mass is 35.5. The first-order valence-electron chi connectivity index (χ1n) is 9.65. The maximum absolute atomic E-state index is 13.1. The first kappa shape index (κ1) is 20.7. The second-order valence-electron chi connectivity index (χ2n) is 7.25. The molecule has 28 heavy (non-hydrogen) atoms. The van der Waals surface area contributed by atoms with Gasteiger partial charge in [0.15, 0.2) is 0 Å². The number of rotatable bonds is 4. The summed E-state index contributed by atoms with van der Waals surface area (Å²) >= 11 is 0. The molecule has 1 unspecified atom stereocenters. The van der Waals surface area contributed by atoms with Crippen LogP contribution in [0.3, 0.4) is 0 Å². The predicted molar refractivity (Wildman–Crippen MR) is 110 cm³/mol. The van der Waals surface area contributed by atoms with Crippen molar-refractivity contribution in [2.45, 2.75) is 12.5 Å². The Bertz CT molecular complexity index is 726. The summed E-state index contributed by atoms with van der Waals surface area (Å²) in [5.41, 5.74) is 1.25. The second-order valence-corrected chi connectivity index (χ2v) is 7.25. The maximum atomic E-state index is 13.1. The number of nitrogens with one attached hydrogen (secondary N) is 2. The van der Waals surface area contributed by atoms with Crippen molar-refractivity contribution < 1.29 is 14.3 Å². The number of ether oxygens (including phenoxy) is 1. The Kier molecular flexibility index (Phi) is 6.64. The first-order valence-corrected chi connectivity index (χ1v) is 9.65. The van der Waals surface area contributed by atoms with Gasteiger partial charge in [-0.15, -0.1) is 12.4 Å². The summed E-state index contributed by atoms with van der Waals surface area (Å²) in [6, 6.07) is 5.63. The van der Waals surface area contributed by atoms with Crippen molar-refractivity contribution in [1.82, 2.24) is 20.4 Å². The van der Waals surface area contributed by atoms with Crippen molar-refractivity contribution in [2.75, 3.05) is 64.4 Å². The van der Waals surface area contributed by atoms with E-state index in [1.54, 1.807) is 30.2 Å². The molecule has 0 saturated carbocycles. The number of halogens is 1. The van der Waals surface area contributed by atoms with E-state index < -0.39 is 0 Å². The van der Waals surface area contributed by atoms with Gasteiger partial charge in [0.05, 0.1) is 12.8 Å². The molecular formula is C19H28ClN5O3. The highest BCUT2D eigenvalue weighted by Gasteiger charge is 2.32. The number of amides is 3. The Hall–Kier alpha value is -2.03. The summed E-state index contributed by atoms with van der Waals surface area (Å²) in [5, 5.41) is 6.16. The molecule has 2 N–H and O–H groups in total. The van der Waals surface area contributed by atoms with Crippen LogP contribution in [0, 0.1) is 0 Å². The predicted octanol–water partition coefficient (Wildman–Crippen LogP) is 0.766. The third-order valence-electron chi connectivity index (χ3n) is 5.69. The number of hydrogen-bond acceptors (Lipinski definition) is 5. The quantitative estimate of drug-likeness (QED) is 0.768. The molecule has 1 aromatic rings. The largest absolute Gasteiger partial charge is 0.495 e. The van der Waals surface area contributed by atoms with E-state index in [1.807, 2.05) is 4.90 Å². The van der Waals surface area contributed by atoms with Crippen LogP contribution in [0.15, 0.2) is 18.2 Å². The molecule has 3 saturated heterocycles. The molecule has 8 nitrogen and oxygen atoms in total. The zero-order valence-electron chi connectivity index (χ0n) is 16.1. The monoisotopic (exact) mass is 409 g/mol. The summed E-state index contributed by atoms with van der Waals surface area (Å²) in [6.45, 7) is 6.84. The normalized spacial score (nSPS) is 22.8. The van der Waals surface area contributed by atoms with E-state index in [2.05, 4.69) is 15.5 Å². The smallest absolute Gasteiger partial charge is 0.322 e. The van der Waals surface area contributed by atoms with Gasteiger partial charge in [-0.25, -0.2) is 4.79 Å². The standard InChI is InChI=1S/C19H27N5O3.ClH/c1-27-17-3-2-14(12-16(17)24-11-7-21-19(24)26)18(25)23-8-4-15(13-23)22-9-5-20-6-10-22;/h2-3,12,15,20H,4-11,13H2,1H3,(H,21,26);1H. The fraction of sp³-hybridized carbons (Fsp3) is 0.579. The van der Waals surface area contributed by atoms with Gasteiger partial charge in [-0.05, 0) is 24.6 Å². The Labute approximate surface area is 171 Å². The number of carbonyl (C=O) groups excluding carboxylic acids is 2. The summed E-state index contributed by atoms with van der Waals surface area (Å²) in [7, 11) is 1.58. The van der Waals surface area contributed by atoms with E-state index in [4.69, 9.17) is 4.74 Å². The number of piperazine rings is 1. The maximum Gasteiger partial charge on any atom is 0.322 e. The lowest BCUT2D eigenvalue weighted by Gasteiger charge is -2.32. The molecule has 1 atom stereocenters. The number of urea groups is 1. The van der Waals surface area contributed by atoms with Crippen LogP contribution in [0.25, 0.3) is 0 Å². The van der Waals surface area contributed by atoms with Gasteiger partial charge >= 0.3 is 6.03 Å². The fourth-order valence-electron chi connectivity index (χ4n) is 4.19. The average Bonchev–Trinajstić information content (AvgIpc) is 3.37. The molecule has 3 heterocycles. The van der Waals surface area contributed by atoms with Gasteiger partial charge in [0.25, 0.3) is 5.91 Å². The van der Waals surface area contributed by atoms with Gasteiger partial charge in [0.1, 0.15) is 5.75 Å². The minimum absolute atomic E-state index is 0. The lowest BCUT2D eigenvalue weighted by Crippen LogP contribution is -2.49. The van der Waals surface area contributed by atoms with E-state index >= 15 is 0 Å². The number of carbonyl (C=O) groups is 2. The number of methoxy groups -OCH3 is 1. The number of likely N-dealkylation sites (tertiary alicyclic amines) is 1. The highest BCUT2D eigenvalue weighted by molar-refractivity contribution is 6.00. The van der Waals surface area contributed by atoms with Crippen molar-refractivity contribution in [3.8, 4) is 5.75 Å². The average molecular weight is 410 g/mol. The lowest BCUT2D eigenvalue weighted by atomic mass is 10.1. The van der Waals surface area contributed by atoms with Crippen molar-refractivity contribution in [3.63, 3.8) is 0 Å². The molecular weight excluding hydrogens is 382 g/mol. The third kappa shape index (κ3) is 4.04. The SMILES string of the molecule is COc1ccc(C(=O)N2CCC(N3CCNCC3)C2)cc1N1CCNC1=O.Cl. The highest BCUT2D eigenvalue weighted by Crippen LogP contribution is 2.31. The molecule has 0 bridgehead atoms. The number of benzene rings is 1. The van der Waals surface area contributed by atoms with E-state index in [0.717, 1.165) is 45.7 Å². The summed E-state index contributed by atoms with van der Waals surface area (Å²) < 4.78 is 5.40. The zero-order chi connectivity index (χ0) is 18.8. The van der Waals surface area contributed by atoms with Gasteiger partial charge in [-0.2, -0.15) is 0 Å². The van der Waals surface area contributed by atoms with Crippen LogP contribution in [0.4, 0.5) is 10.5 Å². The van der Waals surface area contributed by atoms with Gasteiger partial charge in [-0.1, -0.05) is 0 Å². The zero-order valence-corrected chi connectivity index (χ0v) is 17.0. The molecule has 0 aliphatic carbocycles. The van der Waals surface area contributed by atoms with Crippen LogP contribution in [-0.4, -0.2) is 87.2 Å². The summed E-state index contributed by atoms with van der Waals surface area (Å²) in [5.74, 6) is 0.625. The molecule has 0 radical (unpaired) electrons. The van der Waals surface area contributed by atoms with Crippen molar-refractivity contribution in [1.29, 1.82) is 0 Å². The molecule has 4 rings (SSSR count). The molecule has 3 amide bonds. The van der Waals surface area contributed by atoms with Crippen LogP contribution in [0.5, 0.6) is 5.75 Å². The Balaban J connectivity index is 0.00000225. The van der Waals surface area contributed by atoms with Crippen LogP contribution >= 0.6 is 12.4 Å². The van der Waals surface area contributed by atoms with Crippen molar-refractivity contribution in [2.24, 2.45) is 0 Å². The van der Waals surface area contributed by atoms with Gasteiger partial charge in [0, 0.05) is 64.0 Å². The molecule has 154 valence electrons. The Morgan fingerprint density at radius 2 is 1.93 bits per heavy atom. The Morgan fingerprint density at radius 1 is 1.14 bits per heavy atom. The molecule has 0 spiro atoms. The van der Waals surface area contributed by atoms with Gasteiger partial charge in [0.2, 0.25) is 0 Å². The molecule has 1 aromatic carbocycles. The Morgan fingerprint density at radius 3 is 2.61 bits per heavy atom. The first-order chi connectivity index (χ1) is 13.2. The minimum atomic E-state index is -0.155. The van der Waals surface area contributed by atoms with Gasteiger partial charge < -0.3 is 20.3 Å². The number of anilines is 1. The van der Waals surface area contributed by atoms with E-state index in [1.165, 1.54) is 0 Å². The van der Waals surface area contributed by atoms with Crippen molar-refractivity contribution in [3.05, 3.63) is 23.8 Å². The van der Waals surface area contributed by atoms with Crippen molar-refractivity contribution >= 4 is 30.0 Å². The van der Waals surface area contributed by atoms with Crippen LogP contribution < -0.4 is 20.3 Å². The van der Waals surface area contributed by atoms with Gasteiger partial charge in [-0.3, -0.25) is 14.6 Å². The summed E-state index contributed by atoms with van der Waals surface area (Å²) in [6.07, 6.45) is 1.02. The molecule has 3 aliphatic heterocycles. The van der Waals surface area contributed by atoms with E-state index in [0.29, 0.717) is 36.1 Å². The van der Waals surface area contributed by atoms with Crippen LogP contribution in [-0.2, 0) is 0 Å². The summed E-state index contributed by atoms with van der Waals surface area (Å²) in [4.78, 5) is 31.2. The minimum Gasteiger partial charge on any atom is -0.495 e. The molecule has 3 aliphatic rings. The van der Waals surface area contributed by atoms with Crippen LogP contribution in [0.2, 0.25) is 0 Å². The number of nitrogens with zero attached hydrogens (tertiary/aromatic N) is 3. The van der Waals surface area contributed by atoms with Crippen LogP contribution in [0.1, 0.15) is 16.8 Å². The lowest BCUT2D eigenvalue weighted by molar-refractivity contribution is 0.0773.